The van der Waals surface area contributed by atoms with Crippen molar-refractivity contribution in [2.75, 3.05) is 0 Å². The first-order chi connectivity index (χ1) is 10.8. The summed E-state index contributed by atoms with van der Waals surface area (Å²) in [7, 11) is 0. The fourth-order valence-corrected chi connectivity index (χ4v) is 2.12. The summed E-state index contributed by atoms with van der Waals surface area (Å²) in [5, 5.41) is 8.47. The van der Waals surface area contributed by atoms with Crippen LogP contribution >= 0.6 is 0 Å². The Morgan fingerprint density at radius 1 is 0.727 bits per heavy atom. The van der Waals surface area contributed by atoms with Crippen molar-refractivity contribution in [2.45, 2.75) is 70.6 Å². The molecule has 0 unspecified atom stereocenters. The van der Waals surface area contributed by atoms with Crippen molar-refractivity contribution in [3.8, 4) is 0 Å². The molecule has 124 valence electrons. The van der Waals surface area contributed by atoms with Gasteiger partial charge in [-0.2, -0.15) is 0 Å². The van der Waals surface area contributed by atoms with Crippen molar-refractivity contribution in [1.82, 2.24) is 0 Å². The Hall–Kier alpha value is -1.57. The van der Waals surface area contributed by atoms with Gasteiger partial charge in [0.15, 0.2) is 0 Å². The summed E-state index contributed by atoms with van der Waals surface area (Å²) in [6.45, 7) is 3.74. The van der Waals surface area contributed by atoms with E-state index in [0.29, 0.717) is 6.42 Å². The maximum atomic E-state index is 10.3. The number of allylic oxidation sites excluding steroid dienone is 7. The summed E-state index contributed by atoms with van der Waals surface area (Å²) >= 11 is 0. The molecule has 0 rings (SSSR count). The average Bonchev–Trinajstić information content (AvgIpc) is 2.50. The van der Waals surface area contributed by atoms with Crippen LogP contribution in [0.1, 0.15) is 70.6 Å². The molecular formula is C20H32O2. The molecule has 0 aliphatic heterocycles. The molecule has 0 aromatic rings. The van der Waals surface area contributed by atoms with Gasteiger partial charge in [0, 0.05) is 6.42 Å². The normalized spacial score (nSPS) is 11.8. The third-order valence-electron chi connectivity index (χ3n) is 3.41. The summed E-state index contributed by atoms with van der Waals surface area (Å²) in [4.78, 5) is 10.3. The van der Waals surface area contributed by atoms with Crippen molar-refractivity contribution >= 4 is 5.97 Å². The summed E-state index contributed by atoms with van der Waals surface area (Å²) in [5.41, 5.74) is 0. The highest BCUT2D eigenvalue weighted by atomic mass is 16.4. The van der Waals surface area contributed by atoms with Gasteiger partial charge in [-0.25, -0.2) is 0 Å². The zero-order chi connectivity index (χ0) is 16.3. The number of aliphatic carboxylic acids is 1. The molecule has 2 nitrogen and oxygen atoms in total. The molecule has 1 N–H and O–H groups in total. The molecule has 22 heavy (non-hydrogen) atoms. The number of unbranched alkanes of at least 4 members (excludes halogenated alkanes) is 8. The highest BCUT2D eigenvalue weighted by molar-refractivity contribution is 5.66. The van der Waals surface area contributed by atoms with Crippen molar-refractivity contribution in [3.05, 3.63) is 49.1 Å². The van der Waals surface area contributed by atoms with Gasteiger partial charge < -0.3 is 5.11 Å². The lowest BCUT2D eigenvalue weighted by Gasteiger charge is -1.99. The summed E-state index contributed by atoms with van der Waals surface area (Å²) in [5.74, 6) is -0.745. The minimum Gasteiger partial charge on any atom is -0.481 e. The van der Waals surface area contributed by atoms with Crippen LogP contribution in [0, 0.1) is 0 Å². The zero-order valence-corrected chi connectivity index (χ0v) is 13.9. The first-order valence-corrected chi connectivity index (χ1v) is 8.58. The van der Waals surface area contributed by atoms with E-state index in [4.69, 9.17) is 5.11 Å². The Morgan fingerprint density at radius 2 is 1.23 bits per heavy atom. The predicted octanol–water partition coefficient (Wildman–Crippen LogP) is 6.22. The second-order valence-corrected chi connectivity index (χ2v) is 5.51. The lowest BCUT2D eigenvalue weighted by atomic mass is 10.1. The number of carboxylic acid groups (broad SMARTS) is 1. The van der Waals surface area contributed by atoms with Gasteiger partial charge in [0.05, 0.1) is 0 Å². The molecule has 0 heterocycles. The summed E-state index contributed by atoms with van der Waals surface area (Å²) in [6.07, 6.45) is 26.4. The van der Waals surface area contributed by atoms with E-state index < -0.39 is 5.97 Å². The van der Waals surface area contributed by atoms with Gasteiger partial charge in [-0.15, -0.1) is 6.58 Å². The Balaban J connectivity index is 3.29. The van der Waals surface area contributed by atoms with Crippen LogP contribution in [-0.2, 0) is 4.79 Å². The monoisotopic (exact) mass is 304 g/mol. The molecule has 2 heteroatoms. The van der Waals surface area contributed by atoms with Crippen molar-refractivity contribution < 1.29 is 9.90 Å². The van der Waals surface area contributed by atoms with Gasteiger partial charge in [-0.05, 0) is 32.1 Å². The van der Waals surface area contributed by atoms with E-state index >= 15 is 0 Å². The Kier molecular flexibility index (Phi) is 16.2. The molecule has 0 aromatic carbocycles. The standard InChI is InChI=1S/C20H32O2/c1-2-3-4-5-6-7-8-9-10-11-12-13-14-15-16-17-18-19-20(21)22/h2,12-17H,1,3-11,18-19H2,(H,21,22)/b13-12+,15-14+,17-16+. The number of hydrogen-bond acceptors (Lipinski definition) is 1. The third-order valence-corrected chi connectivity index (χ3v) is 3.41. The van der Waals surface area contributed by atoms with E-state index in [1.54, 1.807) is 0 Å². The van der Waals surface area contributed by atoms with Gasteiger partial charge in [0.1, 0.15) is 0 Å². The van der Waals surface area contributed by atoms with Crippen molar-refractivity contribution in [2.24, 2.45) is 0 Å². The van der Waals surface area contributed by atoms with Crippen LogP contribution in [-0.4, -0.2) is 11.1 Å². The van der Waals surface area contributed by atoms with E-state index in [1.807, 2.05) is 30.4 Å². The molecule has 0 saturated heterocycles. The largest absolute Gasteiger partial charge is 0.481 e. The highest BCUT2D eigenvalue weighted by Crippen LogP contribution is 2.10. The van der Waals surface area contributed by atoms with Crippen LogP contribution in [0.2, 0.25) is 0 Å². The van der Waals surface area contributed by atoms with Gasteiger partial charge in [0.25, 0.3) is 0 Å². The first kappa shape index (κ1) is 20.4. The third kappa shape index (κ3) is 18.4. The van der Waals surface area contributed by atoms with E-state index in [1.165, 1.54) is 44.9 Å². The first-order valence-electron chi connectivity index (χ1n) is 8.58. The Bertz CT molecular complexity index is 351. The molecule has 0 atom stereocenters. The van der Waals surface area contributed by atoms with E-state index in [9.17, 15) is 4.79 Å². The van der Waals surface area contributed by atoms with Crippen LogP contribution in [0.15, 0.2) is 49.1 Å². The quantitative estimate of drug-likeness (QED) is 0.222. The molecule has 0 bridgehead atoms. The smallest absolute Gasteiger partial charge is 0.303 e. The molecule has 0 saturated carbocycles. The second-order valence-electron chi connectivity index (χ2n) is 5.51. The lowest BCUT2D eigenvalue weighted by molar-refractivity contribution is -0.136. The molecule has 0 fully saturated rings. The molecule has 0 aliphatic rings. The van der Waals surface area contributed by atoms with Crippen LogP contribution in [0.3, 0.4) is 0 Å². The summed E-state index contributed by atoms with van der Waals surface area (Å²) < 4.78 is 0. The van der Waals surface area contributed by atoms with E-state index in [-0.39, 0.29) is 6.42 Å². The van der Waals surface area contributed by atoms with Crippen LogP contribution < -0.4 is 0 Å². The van der Waals surface area contributed by atoms with Gasteiger partial charge >= 0.3 is 5.97 Å². The Morgan fingerprint density at radius 3 is 1.77 bits per heavy atom. The molecular weight excluding hydrogens is 272 g/mol. The number of carboxylic acids is 1. The van der Waals surface area contributed by atoms with Gasteiger partial charge in [-0.1, -0.05) is 74.6 Å². The van der Waals surface area contributed by atoms with E-state index in [2.05, 4.69) is 18.7 Å². The summed E-state index contributed by atoms with van der Waals surface area (Å²) in [6, 6.07) is 0. The molecule has 0 radical (unpaired) electrons. The molecule has 0 aliphatic carbocycles. The topological polar surface area (TPSA) is 37.3 Å². The number of rotatable bonds is 15. The van der Waals surface area contributed by atoms with Crippen LogP contribution in [0.4, 0.5) is 0 Å². The van der Waals surface area contributed by atoms with Crippen molar-refractivity contribution in [1.29, 1.82) is 0 Å². The van der Waals surface area contributed by atoms with Crippen LogP contribution in [0.25, 0.3) is 0 Å². The number of hydrogen-bond donors (Lipinski definition) is 1. The minimum absolute atomic E-state index is 0.203. The lowest BCUT2D eigenvalue weighted by Crippen LogP contribution is -1.91. The highest BCUT2D eigenvalue weighted by Gasteiger charge is 1.91. The second kappa shape index (κ2) is 17.5. The maximum Gasteiger partial charge on any atom is 0.303 e. The van der Waals surface area contributed by atoms with Crippen molar-refractivity contribution in [3.63, 3.8) is 0 Å². The average molecular weight is 304 g/mol. The fraction of sp³-hybridized carbons (Fsp3) is 0.550. The van der Waals surface area contributed by atoms with Crippen LogP contribution in [0.5, 0.6) is 0 Å². The zero-order valence-electron chi connectivity index (χ0n) is 13.9. The molecule has 0 spiro atoms. The fourth-order valence-electron chi connectivity index (χ4n) is 2.12. The molecule has 0 amide bonds. The van der Waals surface area contributed by atoms with Gasteiger partial charge in [0.2, 0.25) is 0 Å². The Labute approximate surface area is 136 Å². The minimum atomic E-state index is -0.745. The van der Waals surface area contributed by atoms with Gasteiger partial charge in [-0.3, -0.25) is 4.79 Å². The maximum absolute atomic E-state index is 10.3. The molecule has 0 aromatic heterocycles. The SMILES string of the molecule is C=CCCCCCCCCC/C=C/C=C/C=C/CCC(=O)O. The predicted molar refractivity (Wildman–Crippen MR) is 96.0 cm³/mol. The number of carbonyl (C=O) groups is 1. The van der Waals surface area contributed by atoms with E-state index in [0.717, 1.165) is 12.8 Å².